The molecule has 1 aliphatic rings. The van der Waals surface area contributed by atoms with Crippen LogP contribution in [0.5, 0.6) is 5.88 Å². The van der Waals surface area contributed by atoms with Crippen molar-refractivity contribution in [2.75, 3.05) is 7.11 Å². The van der Waals surface area contributed by atoms with Gasteiger partial charge in [0, 0.05) is 17.3 Å². The Hall–Kier alpha value is -1.66. The first-order valence-corrected chi connectivity index (χ1v) is 6.82. The Morgan fingerprint density at radius 2 is 1.86 bits per heavy atom. The fourth-order valence-electron chi connectivity index (χ4n) is 1.99. The molecule has 2 heterocycles. The molecule has 1 saturated heterocycles. The van der Waals surface area contributed by atoms with Crippen LogP contribution in [-0.4, -0.2) is 36.7 Å². The average molecular weight is 289 g/mol. The third kappa shape index (κ3) is 3.17. The highest BCUT2D eigenvalue weighted by Crippen LogP contribution is 2.37. The minimum Gasteiger partial charge on any atom is -0.481 e. The van der Waals surface area contributed by atoms with Crippen LogP contribution in [0.15, 0.2) is 18.2 Å². The Kier molecular flexibility index (Phi) is 4.21. The summed E-state index contributed by atoms with van der Waals surface area (Å²) in [5, 5.41) is 0. The number of hydrogen-bond acceptors (Lipinski definition) is 5. The highest BCUT2D eigenvalue weighted by Gasteiger charge is 2.50. The first-order chi connectivity index (χ1) is 9.79. The SMILES string of the molecule is COc1ncc(C=O)cc1/C=C/B1OC(C)(C)C(C)(C)O1. The van der Waals surface area contributed by atoms with Crippen LogP contribution in [-0.2, 0) is 9.31 Å². The molecular weight excluding hydrogens is 269 g/mol. The molecule has 1 aliphatic heterocycles. The Labute approximate surface area is 125 Å². The molecule has 1 fully saturated rings. The van der Waals surface area contributed by atoms with Crippen LogP contribution >= 0.6 is 0 Å². The summed E-state index contributed by atoms with van der Waals surface area (Å²) in [6, 6.07) is 1.71. The second-order valence-corrected chi connectivity index (χ2v) is 5.97. The fourth-order valence-corrected chi connectivity index (χ4v) is 1.99. The number of aromatic nitrogens is 1. The van der Waals surface area contributed by atoms with Gasteiger partial charge in [-0.25, -0.2) is 4.98 Å². The van der Waals surface area contributed by atoms with Crippen molar-refractivity contribution in [2.24, 2.45) is 0 Å². The van der Waals surface area contributed by atoms with Crippen LogP contribution in [0.2, 0.25) is 0 Å². The molecule has 0 N–H and O–H groups in total. The van der Waals surface area contributed by atoms with E-state index in [0.717, 1.165) is 6.29 Å². The monoisotopic (exact) mass is 289 g/mol. The lowest BCUT2D eigenvalue weighted by atomic mass is 9.89. The van der Waals surface area contributed by atoms with E-state index in [-0.39, 0.29) is 11.2 Å². The van der Waals surface area contributed by atoms with Crippen LogP contribution in [0.25, 0.3) is 6.08 Å². The summed E-state index contributed by atoms with van der Waals surface area (Å²) in [7, 11) is 1.09. The first kappa shape index (κ1) is 15.7. The van der Waals surface area contributed by atoms with E-state index in [1.807, 2.05) is 27.7 Å². The van der Waals surface area contributed by atoms with E-state index >= 15 is 0 Å². The standard InChI is InChI=1S/C15H20BNO4/c1-14(2)15(3,4)21-16(20-14)7-6-12-8-11(10-18)9-17-13(12)19-5/h6-10H,1-5H3/b7-6+. The largest absolute Gasteiger partial charge is 0.487 e. The summed E-state index contributed by atoms with van der Waals surface area (Å²) in [4.78, 5) is 14.9. The molecule has 21 heavy (non-hydrogen) atoms. The lowest BCUT2D eigenvalue weighted by molar-refractivity contribution is 0.00578. The number of ether oxygens (including phenoxy) is 1. The van der Waals surface area contributed by atoms with E-state index in [2.05, 4.69) is 4.98 Å². The van der Waals surface area contributed by atoms with Gasteiger partial charge in [-0.2, -0.15) is 0 Å². The van der Waals surface area contributed by atoms with Gasteiger partial charge in [-0.15, -0.1) is 0 Å². The maximum Gasteiger partial charge on any atom is 0.487 e. The van der Waals surface area contributed by atoms with Crippen molar-refractivity contribution in [1.29, 1.82) is 0 Å². The molecule has 1 aromatic heterocycles. The maximum atomic E-state index is 10.8. The van der Waals surface area contributed by atoms with Crippen LogP contribution in [0.1, 0.15) is 43.6 Å². The molecule has 0 bridgehead atoms. The highest BCUT2D eigenvalue weighted by molar-refractivity contribution is 6.52. The Bertz CT molecular complexity index is 553. The van der Waals surface area contributed by atoms with E-state index in [1.54, 1.807) is 18.1 Å². The fraction of sp³-hybridized carbons (Fsp3) is 0.467. The van der Waals surface area contributed by atoms with Crippen molar-refractivity contribution >= 4 is 19.5 Å². The number of pyridine rings is 1. The molecule has 0 spiro atoms. The number of nitrogens with zero attached hydrogens (tertiary/aromatic N) is 1. The van der Waals surface area contributed by atoms with Crippen molar-refractivity contribution in [2.45, 2.75) is 38.9 Å². The minimum absolute atomic E-state index is 0.380. The Morgan fingerprint density at radius 3 is 2.38 bits per heavy atom. The Balaban J connectivity index is 2.21. The number of rotatable bonds is 4. The maximum absolute atomic E-state index is 10.8. The first-order valence-electron chi connectivity index (χ1n) is 6.82. The summed E-state index contributed by atoms with van der Waals surface area (Å²) >= 11 is 0. The van der Waals surface area contributed by atoms with E-state index in [9.17, 15) is 4.79 Å². The van der Waals surface area contributed by atoms with Crippen LogP contribution in [0, 0.1) is 0 Å². The summed E-state index contributed by atoms with van der Waals surface area (Å²) in [5.41, 5.74) is 0.436. The van der Waals surface area contributed by atoms with Gasteiger partial charge in [0.2, 0.25) is 5.88 Å². The smallest absolute Gasteiger partial charge is 0.481 e. The highest BCUT2D eigenvalue weighted by atomic mass is 16.7. The molecule has 5 nitrogen and oxygen atoms in total. The third-order valence-corrected chi connectivity index (χ3v) is 3.93. The average Bonchev–Trinajstić information content (AvgIpc) is 2.64. The normalized spacial score (nSPS) is 20.0. The van der Waals surface area contributed by atoms with E-state index in [4.69, 9.17) is 14.0 Å². The van der Waals surface area contributed by atoms with Crippen molar-refractivity contribution in [3.8, 4) is 5.88 Å². The molecule has 0 unspecified atom stereocenters. The van der Waals surface area contributed by atoms with Crippen LogP contribution < -0.4 is 4.74 Å². The van der Waals surface area contributed by atoms with Gasteiger partial charge in [0.25, 0.3) is 0 Å². The van der Waals surface area contributed by atoms with E-state index in [1.165, 1.54) is 13.3 Å². The number of hydrogen-bond donors (Lipinski definition) is 0. The minimum atomic E-state index is -0.445. The molecule has 0 aromatic carbocycles. The number of carbonyl (C=O) groups excluding carboxylic acids is 1. The summed E-state index contributed by atoms with van der Waals surface area (Å²) in [6.45, 7) is 7.98. The van der Waals surface area contributed by atoms with E-state index < -0.39 is 7.12 Å². The van der Waals surface area contributed by atoms with Crippen molar-refractivity contribution in [1.82, 2.24) is 4.98 Å². The second-order valence-electron chi connectivity index (χ2n) is 5.97. The van der Waals surface area contributed by atoms with Gasteiger partial charge >= 0.3 is 7.12 Å². The molecule has 0 aliphatic carbocycles. The van der Waals surface area contributed by atoms with Gasteiger partial charge in [0.1, 0.15) is 0 Å². The zero-order chi connectivity index (χ0) is 15.7. The number of methoxy groups -OCH3 is 1. The quantitative estimate of drug-likeness (QED) is 0.629. The number of carbonyl (C=O) groups is 1. The number of aldehydes is 1. The van der Waals surface area contributed by atoms with Crippen molar-refractivity contribution in [3.05, 3.63) is 29.4 Å². The molecule has 112 valence electrons. The zero-order valence-corrected chi connectivity index (χ0v) is 13.0. The van der Waals surface area contributed by atoms with Crippen molar-refractivity contribution in [3.63, 3.8) is 0 Å². The van der Waals surface area contributed by atoms with Gasteiger partial charge < -0.3 is 14.0 Å². The predicted molar refractivity (Wildman–Crippen MR) is 81.3 cm³/mol. The summed E-state index contributed by atoms with van der Waals surface area (Å²) < 4.78 is 16.9. The zero-order valence-electron chi connectivity index (χ0n) is 13.0. The third-order valence-electron chi connectivity index (χ3n) is 3.93. The molecule has 0 amide bonds. The van der Waals surface area contributed by atoms with Gasteiger partial charge in [-0.3, -0.25) is 4.79 Å². The van der Waals surface area contributed by atoms with Gasteiger partial charge in [-0.1, -0.05) is 12.1 Å². The van der Waals surface area contributed by atoms with E-state index in [0.29, 0.717) is 17.0 Å². The van der Waals surface area contributed by atoms with Crippen LogP contribution in [0.3, 0.4) is 0 Å². The molecule has 6 heteroatoms. The van der Waals surface area contributed by atoms with Crippen molar-refractivity contribution < 1.29 is 18.8 Å². The van der Waals surface area contributed by atoms with Gasteiger partial charge in [-0.05, 0) is 33.8 Å². The molecule has 0 saturated carbocycles. The van der Waals surface area contributed by atoms with Gasteiger partial charge in [0.15, 0.2) is 6.29 Å². The lowest BCUT2D eigenvalue weighted by Crippen LogP contribution is -2.41. The molecule has 2 rings (SSSR count). The molecule has 0 radical (unpaired) electrons. The molecule has 1 aromatic rings. The Morgan fingerprint density at radius 1 is 1.24 bits per heavy atom. The molecule has 0 atom stereocenters. The van der Waals surface area contributed by atoms with Gasteiger partial charge in [0.05, 0.1) is 18.3 Å². The second kappa shape index (κ2) is 5.62. The lowest BCUT2D eigenvalue weighted by Gasteiger charge is -2.32. The summed E-state index contributed by atoms with van der Waals surface area (Å²) in [6.07, 6.45) is 4.01. The predicted octanol–water partition coefficient (Wildman–Crippen LogP) is 2.55. The van der Waals surface area contributed by atoms with Crippen LogP contribution in [0.4, 0.5) is 0 Å². The topological polar surface area (TPSA) is 57.7 Å². The molecular formula is C15H20BNO4. The summed E-state index contributed by atoms with van der Waals surface area (Å²) in [5.74, 6) is 2.25.